The molecule has 1 saturated heterocycles. The number of carbonyl (C=O) groups is 5. The van der Waals surface area contributed by atoms with Crippen LogP contribution in [0.1, 0.15) is 40.0 Å². The van der Waals surface area contributed by atoms with Gasteiger partial charge in [0.25, 0.3) is 0 Å². The maximum absolute atomic E-state index is 12.0. The number of anilines is 2. The van der Waals surface area contributed by atoms with Crippen LogP contribution in [0.25, 0.3) is 0 Å². The number of hydrogen-bond acceptors (Lipinski definition) is 6. The zero-order chi connectivity index (χ0) is 23.7. The normalized spacial score (nSPS) is 13.4. The minimum atomic E-state index is -0.573. The molecule has 174 valence electrons. The van der Waals surface area contributed by atoms with Crippen molar-refractivity contribution in [1.82, 2.24) is 15.5 Å². The summed E-state index contributed by atoms with van der Waals surface area (Å²) in [7, 11) is 0. The minimum Gasteiger partial charge on any atom is -0.444 e. The monoisotopic (exact) mass is 447 g/mol. The second-order valence-electron chi connectivity index (χ2n) is 8.16. The highest BCUT2D eigenvalue weighted by atomic mass is 16.6. The number of ether oxygens (including phenoxy) is 1. The molecule has 1 heterocycles. The summed E-state index contributed by atoms with van der Waals surface area (Å²) in [5.41, 5.74) is 0.510. The number of carbonyl (C=O) groups excluding carboxylic acids is 5. The van der Waals surface area contributed by atoms with Gasteiger partial charge in [0.2, 0.25) is 17.7 Å². The van der Waals surface area contributed by atoms with Gasteiger partial charge in [-0.2, -0.15) is 0 Å². The van der Waals surface area contributed by atoms with Gasteiger partial charge >= 0.3 is 12.1 Å². The number of hydrogen-bond donors (Lipinski definition) is 4. The molecule has 0 unspecified atom stereocenters. The van der Waals surface area contributed by atoms with Crippen molar-refractivity contribution >= 4 is 41.2 Å². The topological polar surface area (TPSA) is 146 Å². The molecule has 0 saturated carbocycles. The number of benzene rings is 1. The molecule has 32 heavy (non-hydrogen) atoms. The van der Waals surface area contributed by atoms with Crippen molar-refractivity contribution < 1.29 is 28.7 Å². The van der Waals surface area contributed by atoms with E-state index in [4.69, 9.17) is 4.74 Å². The number of rotatable bonds is 9. The zero-order valence-corrected chi connectivity index (χ0v) is 18.4. The van der Waals surface area contributed by atoms with Crippen LogP contribution in [0.15, 0.2) is 24.3 Å². The van der Waals surface area contributed by atoms with Crippen LogP contribution in [0.4, 0.5) is 21.0 Å². The van der Waals surface area contributed by atoms with Crippen LogP contribution < -0.4 is 21.3 Å². The quantitative estimate of drug-likeness (QED) is 0.335. The van der Waals surface area contributed by atoms with E-state index in [0.717, 1.165) is 4.90 Å². The number of imide groups is 1. The molecule has 1 fully saturated rings. The van der Waals surface area contributed by atoms with Gasteiger partial charge in [-0.1, -0.05) is 0 Å². The van der Waals surface area contributed by atoms with E-state index in [1.165, 1.54) is 0 Å². The van der Waals surface area contributed by atoms with E-state index in [9.17, 15) is 24.0 Å². The molecule has 4 N–H and O–H groups in total. The average molecular weight is 447 g/mol. The molecule has 1 aromatic rings. The summed E-state index contributed by atoms with van der Waals surface area (Å²) in [5.74, 6) is -0.906. The average Bonchev–Trinajstić information content (AvgIpc) is 3.01. The molecule has 0 aliphatic carbocycles. The van der Waals surface area contributed by atoms with Gasteiger partial charge in [0, 0.05) is 37.3 Å². The second-order valence-corrected chi connectivity index (χ2v) is 8.16. The molecule has 1 aromatic carbocycles. The second kappa shape index (κ2) is 11.1. The van der Waals surface area contributed by atoms with Crippen LogP contribution in [0, 0.1) is 0 Å². The standard InChI is InChI=1S/C21H29N5O6/c1-21(2,3)32-20(31)22-11-4-5-16(27)24-14-6-8-15(9-7-14)25-17(28)10-12-26-18(29)13-23-19(26)30/h6-9H,4-5,10-13H2,1-3H3,(H,22,31)(H,23,30)(H,24,27)(H,25,28). The maximum atomic E-state index is 12.0. The predicted molar refractivity (Wildman–Crippen MR) is 117 cm³/mol. The van der Waals surface area contributed by atoms with Crippen molar-refractivity contribution in [3.63, 3.8) is 0 Å². The number of urea groups is 1. The van der Waals surface area contributed by atoms with E-state index in [0.29, 0.717) is 24.3 Å². The van der Waals surface area contributed by atoms with Gasteiger partial charge in [0.1, 0.15) is 5.60 Å². The molecule has 0 atom stereocenters. The third-order valence-electron chi connectivity index (χ3n) is 4.20. The summed E-state index contributed by atoms with van der Waals surface area (Å²) in [6.45, 7) is 5.59. The molecule has 0 aromatic heterocycles. The lowest BCUT2D eigenvalue weighted by Gasteiger charge is -2.19. The molecule has 0 spiro atoms. The third kappa shape index (κ3) is 8.62. The Morgan fingerprint density at radius 3 is 2.06 bits per heavy atom. The van der Waals surface area contributed by atoms with Crippen molar-refractivity contribution in [1.29, 1.82) is 0 Å². The van der Waals surface area contributed by atoms with Gasteiger partial charge in [0.15, 0.2) is 0 Å². The molecular formula is C21H29N5O6. The zero-order valence-electron chi connectivity index (χ0n) is 18.4. The van der Waals surface area contributed by atoms with E-state index in [1.54, 1.807) is 45.0 Å². The van der Waals surface area contributed by atoms with Gasteiger partial charge in [-0.25, -0.2) is 9.59 Å². The molecule has 0 bridgehead atoms. The van der Waals surface area contributed by atoms with Crippen LogP contribution >= 0.6 is 0 Å². The fourth-order valence-electron chi connectivity index (χ4n) is 2.73. The Morgan fingerprint density at radius 1 is 1.00 bits per heavy atom. The smallest absolute Gasteiger partial charge is 0.407 e. The van der Waals surface area contributed by atoms with Crippen molar-refractivity contribution in [2.24, 2.45) is 0 Å². The first-order chi connectivity index (χ1) is 15.0. The molecule has 2 rings (SSSR count). The van der Waals surface area contributed by atoms with Crippen molar-refractivity contribution in [2.75, 3.05) is 30.3 Å². The first-order valence-corrected chi connectivity index (χ1v) is 10.3. The van der Waals surface area contributed by atoms with E-state index >= 15 is 0 Å². The summed E-state index contributed by atoms with van der Waals surface area (Å²) >= 11 is 0. The lowest BCUT2D eigenvalue weighted by molar-refractivity contribution is -0.125. The Hall–Kier alpha value is -3.63. The van der Waals surface area contributed by atoms with E-state index < -0.39 is 17.7 Å². The first kappa shape index (κ1) is 24.6. The molecule has 1 aliphatic rings. The van der Waals surface area contributed by atoms with Gasteiger partial charge in [-0.05, 0) is 51.5 Å². The Balaban J connectivity index is 1.66. The summed E-state index contributed by atoms with van der Waals surface area (Å²) in [4.78, 5) is 59.5. The fourth-order valence-corrected chi connectivity index (χ4v) is 2.73. The Bertz CT molecular complexity index is 846. The van der Waals surface area contributed by atoms with E-state index in [1.807, 2.05) is 0 Å². The van der Waals surface area contributed by atoms with Crippen LogP contribution in [-0.2, 0) is 19.1 Å². The molecule has 0 radical (unpaired) electrons. The fraction of sp³-hybridized carbons (Fsp3) is 0.476. The SMILES string of the molecule is CC(C)(C)OC(=O)NCCCC(=O)Nc1ccc(NC(=O)CCN2C(=O)CNC2=O)cc1. The summed E-state index contributed by atoms with van der Waals surface area (Å²) in [6, 6.07) is 6.05. The van der Waals surface area contributed by atoms with Gasteiger partial charge < -0.3 is 26.0 Å². The number of nitrogens with zero attached hydrogens (tertiary/aromatic N) is 1. The van der Waals surface area contributed by atoms with Gasteiger partial charge in [-0.15, -0.1) is 0 Å². The summed E-state index contributed by atoms with van der Waals surface area (Å²) < 4.78 is 5.11. The van der Waals surface area contributed by atoms with Crippen LogP contribution in [0.3, 0.4) is 0 Å². The third-order valence-corrected chi connectivity index (χ3v) is 4.20. The summed E-state index contributed by atoms with van der Waals surface area (Å²) in [5, 5.41) is 10.4. The van der Waals surface area contributed by atoms with Gasteiger partial charge in [-0.3, -0.25) is 19.3 Å². The van der Waals surface area contributed by atoms with Crippen molar-refractivity contribution in [3.05, 3.63) is 24.3 Å². The summed E-state index contributed by atoms with van der Waals surface area (Å²) in [6.07, 6.45) is 0.133. The number of nitrogens with one attached hydrogen (secondary N) is 4. The molecule has 11 nitrogen and oxygen atoms in total. The van der Waals surface area contributed by atoms with E-state index in [-0.39, 0.29) is 43.7 Å². The van der Waals surface area contributed by atoms with Crippen molar-refractivity contribution in [2.45, 2.75) is 45.6 Å². The Kier molecular flexibility index (Phi) is 8.56. The Morgan fingerprint density at radius 2 is 1.56 bits per heavy atom. The lowest BCUT2D eigenvalue weighted by Crippen LogP contribution is -2.33. The minimum absolute atomic E-state index is 0.00737. The lowest BCUT2D eigenvalue weighted by atomic mass is 10.2. The maximum Gasteiger partial charge on any atom is 0.407 e. The Labute approximate surface area is 186 Å². The largest absolute Gasteiger partial charge is 0.444 e. The number of amides is 6. The highest BCUT2D eigenvalue weighted by molar-refractivity contribution is 6.02. The highest BCUT2D eigenvalue weighted by Gasteiger charge is 2.28. The molecular weight excluding hydrogens is 418 g/mol. The first-order valence-electron chi connectivity index (χ1n) is 10.3. The van der Waals surface area contributed by atoms with Crippen LogP contribution in [0.2, 0.25) is 0 Å². The van der Waals surface area contributed by atoms with E-state index in [2.05, 4.69) is 21.3 Å². The predicted octanol–water partition coefficient (Wildman–Crippen LogP) is 1.81. The molecule has 6 amide bonds. The molecule has 1 aliphatic heterocycles. The van der Waals surface area contributed by atoms with Crippen molar-refractivity contribution in [3.8, 4) is 0 Å². The van der Waals surface area contributed by atoms with Gasteiger partial charge in [0.05, 0.1) is 6.54 Å². The molecule has 11 heteroatoms. The number of alkyl carbamates (subject to hydrolysis) is 1. The van der Waals surface area contributed by atoms with Crippen LogP contribution in [-0.4, -0.2) is 60.0 Å². The van der Waals surface area contributed by atoms with Crippen LogP contribution in [0.5, 0.6) is 0 Å². The highest BCUT2D eigenvalue weighted by Crippen LogP contribution is 2.14.